The van der Waals surface area contributed by atoms with Crippen LogP contribution >= 0.6 is 0 Å². The minimum atomic E-state index is -2.05. The molecule has 3 aliphatic carbocycles. The van der Waals surface area contributed by atoms with Crippen LogP contribution in [-0.2, 0) is 13.3 Å². The average Bonchev–Trinajstić information content (AvgIpc) is 2.95. The van der Waals surface area contributed by atoms with Gasteiger partial charge in [-0.2, -0.15) is 0 Å². The van der Waals surface area contributed by atoms with E-state index in [0.29, 0.717) is 5.41 Å². The summed E-state index contributed by atoms with van der Waals surface area (Å²) in [7, 11) is -5.91. The normalized spacial score (nSPS) is 29.2. The van der Waals surface area contributed by atoms with Crippen molar-refractivity contribution in [1.29, 1.82) is 0 Å². The minimum absolute atomic E-state index is 0.0551. The van der Waals surface area contributed by atoms with Gasteiger partial charge in [-0.3, -0.25) is 0 Å². The average molecular weight is 745 g/mol. The predicted octanol–water partition coefficient (Wildman–Crippen LogP) is 14.4. The fourth-order valence-electron chi connectivity index (χ4n) is 8.04. The van der Waals surface area contributed by atoms with E-state index in [1.54, 1.807) is 5.57 Å². The first-order valence-corrected chi connectivity index (χ1v) is 29.4. The van der Waals surface area contributed by atoms with E-state index in [9.17, 15) is 0 Å². The number of hydrogen-bond donors (Lipinski definition) is 0. The smallest absolute Gasteiger partial charge is 0.192 e. The maximum absolute atomic E-state index is 7.42. The van der Waals surface area contributed by atoms with Gasteiger partial charge < -0.3 is 13.3 Å². The third kappa shape index (κ3) is 10.7. The zero-order chi connectivity index (χ0) is 38.1. The summed E-state index contributed by atoms with van der Waals surface area (Å²) in [6.07, 6.45) is 20.1. The third-order valence-electron chi connectivity index (χ3n) is 14.9. The maximum Gasteiger partial charge on any atom is 0.192 e. The molecule has 290 valence electrons. The molecule has 0 N–H and O–H groups in total. The summed E-state index contributed by atoms with van der Waals surface area (Å²) in [5, 5.41) is 0.497. The van der Waals surface area contributed by atoms with Gasteiger partial charge >= 0.3 is 0 Å². The fourth-order valence-corrected chi connectivity index (χ4v) is 11.7. The van der Waals surface area contributed by atoms with Crippen molar-refractivity contribution >= 4 is 25.0 Å². The lowest BCUT2D eigenvalue weighted by Crippen LogP contribution is -2.50. The highest BCUT2D eigenvalue weighted by Crippen LogP contribution is 2.55. The van der Waals surface area contributed by atoms with E-state index in [2.05, 4.69) is 141 Å². The SMILES string of the molecule is CC[C@@H](C)[C@@H]1CC[C@H]2/C(=C/C=C3C[C@@H](O[Si](C)(C)C(C)(C)C)C(=CCCO[Si](C)(C)C(C)(C)C)[C@H](O[Si](C)(C)C(C)(C)C)C3)CCC[C@]2(C)C1. The second kappa shape index (κ2) is 16.2. The fraction of sp³-hybridized carbons (Fsp3) is 0.864. The van der Waals surface area contributed by atoms with Gasteiger partial charge in [-0.25, -0.2) is 0 Å². The Kier molecular flexibility index (Phi) is 14.3. The summed E-state index contributed by atoms with van der Waals surface area (Å²) in [6.45, 7) is 44.0. The molecule has 0 spiro atoms. The van der Waals surface area contributed by atoms with E-state index in [1.165, 1.54) is 56.1 Å². The second-order valence-electron chi connectivity index (χ2n) is 21.8. The lowest BCUT2D eigenvalue weighted by molar-refractivity contribution is 0.0472. The van der Waals surface area contributed by atoms with Gasteiger partial charge in [-0.1, -0.05) is 119 Å². The number of rotatable bonds is 11. The molecule has 3 rings (SSSR count). The number of hydrogen-bond acceptors (Lipinski definition) is 3. The predicted molar refractivity (Wildman–Crippen MR) is 228 cm³/mol. The molecule has 0 aromatic rings. The molecule has 3 aliphatic rings. The van der Waals surface area contributed by atoms with Crippen LogP contribution in [0.25, 0.3) is 0 Å². The first kappa shape index (κ1) is 44.1. The highest BCUT2D eigenvalue weighted by Gasteiger charge is 2.47. The quantitative estimate of drug-likeness (QED) is 0.120. The molecule has 6 atom stereocenters. The Balaban J connectivity index is 2.02. The Morgan fingerprint density at radius 3 is 1.78 bits per heavy atom. The summed E-state index contributed by atoms with van der Waals surface area (Å²) in [5.74, 6) is 2.49. The summed E-state index contributed by atoms with van der Waals surface area (Å²) in [4.78, 5) is 0. The van der Waals surface area contributed by atoms with E-state index in [0.717, 1.165) is 43.6 Å². The van der Waals surface area contributed by atoms with E-state index < -0.39 is 25.0 Å². The standard InChI is InChI=1S/C44H84O3Si3/c1-19-33(2)36-26-27-38-35(22-20-28-44(38,12)32-36)25-24-34-30-39(46-49(15,16)42(6,7)8)37(23-21-29-45-48(13,14)41(3,4)5)40(31-34)47-50(17,18)43(9,10)11/h23-25,33,36,38-40H,19-22,26-32H2,1-18H3/b34-24?,35-25+,37-23?/t33-,36-,38+,39-,40-,44-/m1/s1. The Morgan fingerprint density at radius 2 is 1.30 bits per heavy atom. The molecule has 0 saturated heterocycles. The van der Waals surface area contributed by atoms with Gasteiger partial charge in [0.25, 0.3) is 0 Å². The minimum Gasteiger partial charge on any atom is -0.417 e. The van der Waals surface area contributed by atoms with Gasteiger partial charge in [-0.15, -0.1) is 0 Å². The lowest BCUT2D eigenvalue weighted by Gasteiger charge is -2.50. The van der Waals surface area contributed by atoms with Crippen molar-refractivity contribution in [2.24, 2.45) is 23.2 Å². The first-order valence-electron chi connectivity index (χ1n) is 20.7. The molecule has 0 aromatic carbocycles. The van der Waals surface area contributed by atoms with Gasteiger partial charge in [0.2, 0.25) is 0 Å². The third-order valence-corrected chi connectivity index (χ3v) is 28.4. The summed E-state index contributed by atoms with van der Waals surface area (Å²) < 4.78 is 21.5. The van der Waals surface area contributed by atoms with Crippen molar-refractivity contribution in [3.05, 3.63) is 34.9 Å². The lowest BCUT2D eigenvalue weighted by atomic mass is 9.55. The van der Waals surface area contributed by atoms with Gasteiger partial charge in [0.05, 0.1) is 12.2 Å². The zero-order valence-electron chi connectivity index (χ0n) is 36.6. The van der Waals surface area contributed by atoms with Crippen molar-refractivity contribution in [1.82, 2.24) is 0 Å². The van der Waals surface area contributed by atoms with Crippen LogP contribution < -0.4 is 0 Å². The first-order chi connectivity index (χ1) is 22.6. The second-order valence-corrected chi connectivity index (χ2v) is 36.1. The molecule has 0 heterocycles. The number of allylic oxidation sites excluding steroid dienone is 3. The molecular weight excluding hydrogens is 661 g/mol. The molecule has 0 radical (unpaired) electrons. The van der Waals surface area contributed by atoms with Gasteiger partial charge in [0, 0.05) is 6.61 Å². The van der Waals surface area contributed by atoms with Crippen molar-refractivity contribution < 1.29 is 13.3 Å². The highest BCUT2D eigenvalue weighted by molar-refractivity contribution is 6.75. The zero-order valence-corrected chi connectivity index (χ0v) is 39.6. The molecule has 0 aromatic heterocycles. The van der Waals surface area contributed by atoms with Crippen molar-refractivity contribution in [2.75, 3.05) is 6.61 Å². The molecule has 0 unspecified atom stereocenters. The van der Waals surface area contributed by atoms with E-state index in [1.807, 2.05) is 0 Å². The highest BCUT2D eigenvalue weighted by atomic mass is 28.4. The Morgan fingerprint density at radius 1 is 0.780 bits per heavy atom. The Hall–Kier alpha value is -0.249. The van der Waals surface area contributed by atoms with Crippen LogP contribution in [0.3, 0.4) is 0 Å². The molecule has 3 nitrogen and oxygen atoms in total. The van der Waals surface area contributed by atoms with Crippen LogP contribution in [0, 0.1) is 23.2 Å². The summed E-state index contributed by atoms with van der Waals surface area (Å²) >= 11 is 0. The van der Waals surface area contributed by atoms with E-state index >= 15 is 0 Å². The molecule has 6 heteroatoms. The largest absolute Gasteiger partial charge is 0.417 e. The van der Waals surface area contributed by atoms with Crippen LogP contribution in [0.4, 0.5) is 0 Å². The van der Waals surface area contributed by atoms with Gasteiger partial charge in [0.1, 0.15) is 0 Å². The Bertz CT molecular complexity index is 1180. The summed E-state index contributed by atoms with van der Waals surface area (Å²) in [5.41, 5.74) is 5.09. The molecule has 0 bridgehead atoms. The number of fused-ring (bicyclic) bond motifs is 1. The Labute approximate surface area is 315 Å². The van der Waals surface area contributed by atoms with Gasteiger partial charge in [-0.05, 0) is 141 Å². The summed E-state index contributed by atoms with van der Waals surface area (Å²) in [6, 6.07) is 0. The van der Waals surface area contributed by atoms with Crippen molar-refractivity contribution in [2.45, 2.75) is 214 Å². The molecule has 50 heavy (non-hydrogen) atoms. The molecule has 0 amide bonds. The van der Waals surface area contributed by atoms with Gasteiger partial charge in [0.15, 0.2) is 25.0 Å². The maximum atomic E-state index is 7.42. The van der Waals surface area contributed by atoms with Crippen molar-refractivity contribution in [3.63, 3.8) is 0 Å². The monoisotopic (exact) mass is 745 g/mol. The van der Waals surface area contributed by atoms with E-state index in [-0.39, 0.29) is 27.3 Å². The van der Waals surface area contributed by atoms with Crippen LogP contribution in [0.15, 0.2) is 34.9 Å². The van der Waals surface area contributed by atoms with Crippen LogP contribution in [0.2, 0.25) is 54.4 Å². The topological polar surface area (TPSA) is 27.7 Å². The van der Waals surface area contributed by atoms with Crippen LogP contribution in [-0.4, -0.2) is 43.8 Å². The molecular formula is C44H84O3Si3. The molecule has 3 saturated carbocycles. The van der Waals surface area contributed by atoms with Crippen LogP contribution in [0.1, 0.15) is 147 Å². The molecule has 0 aliphatic heterocycles. The van der Waals surface area contributed by atoms with Crippen molar-refractivity contribution in [3.8, 4) is 0 Å². The molecule has 3 fully saturated rings. The van der Waals surface area contributed by atoms with E-state index in [4.69, 9.17) is 13.3 Å². The van der Waals surface area contributed by atoms with Crippen LogP contribution in [0.5, 0.6) is 0 Å².